The highest BCUT2D eigenvalue weighted by Crippen LogP contribution is 2.38. The van der Waals surface area contributed by atoms with Gasteiger partial charge in [-0.15, -0.1) is 10.2 Å². The lowest BCUT2D eigenvalue weighted by atomic mass is 9.99. The first-order valence-corrected chi connectivity index (χ1v) is 8.40. The van der Waals surface area contributed by atoms with Crippen molar-refractivity contribution in [3.8, 4) is 17.0 Å². The van der Waals surface area contributed by atoms with Gasteiger partial charge in [-0.1, -0.05) is 0 Å². The summed E-state index contributed by atoms with van der Waals surface area (Å²) in [6.45, 7) is 3.13. The van der Waals surface area contributed by atoms with Crippen molar-refractivity contribution in [2.24, 2.45) is 5.92 Å². The molecule has 1 aromatic heterocycles. The summed E-state index contributed by atoms with van der Waals surface area (Å²) in [5, 5.41) is 27.6. The fraction of sp³-hybridized carbons (Fsp3) is 0.444. The van der Waals surface area contributed by atoms with E-state index in [1.165, 1.54) is 6.92 Å². The Morgan fingerprint density at radius 1 is 1.23 bits per heavy atom. The summed E-state index contributed by atoms with van der Waals surface area (Å²) in [6.07, 6.45) is -2.60. The summed E-state index contributed by atoms with van der Waals surface area (Å²) < 4.78 is 38.5. The Morgan fingerprint density at radius 2 is 2.00 bits per heavy atom. The normalized spacial score (nSPS) is 18.2. The number of aliphatic hydroxyl groups excluding tert-OH is 1. The van der Waals surface area contributed by atoms with Crippen LogP contribution in [0, 0.1) is 12.8 Å². The molecule has 0 aliphatic carbocycles. The van der Waals surface area contributed by atoms with Crippen LogP contribution in [-0.2, 0) is 6.18 Å². The number of aryl methyl sites for hydroxylation is 1. The van der Waals surface area contributed by atoms with Crippen molar-refractivity contribution in [1.82, 2.24) is 10.2 Å². The first-order chi connectivity index (χ1) is 12.3. The van der Waals surface area contributed by atoms with Gasteiger partial charge in [-0.25, -0.2) is 0 Å². The third kappa shape index (κ3) is 3.75. The molecular formula is C18H20F3N3O2. The Balaban J connectivity index is 1.87. The Hall–Kier alpha value is -2.35. The minimum absolute atomic E-state index is 0.126. The Bertz CT molecular complexity index is 755. The van der Waals surface area contributed by atoms with E-state index in [-0.39, 0.29) is 23.7 Å². The van der Waals surface area contributed by atoms with Gasteiger partial charge in [0.2, 0.25) is 0 Å². The topological polar surface area (TPSA) is 69.5 Å². The van der Waals surface area contributed by atoms with Crippen LogP contribution in [-0.4, -0.2) is 40.1 Å². The first kappa shape index (κ1) is 18.4. The second kappa shape index (κ2) is 7.11. The van der Waals surface area contributed by atoms with Crippen molar-refractivity contribution in [2.45, 2.75) is 25.9 Å². The summed E-state index contributed by atoms with van der Waals surface area (Å²) in [4.78, 5) is 2.03. The number of phenols is 1. The highest BCUT2D eigenvalue weighted by molar-refractivity contribution is 5.71. The van der Waals surface area contributed by atoms with Crippen molar-refractivity contribution in [3.05, 3.63) is 35.4 Å². The Labute approximate surface area is 149 Å². The van der Waals surface area contributed by atoms with Crippen molar-refractivity contribution in [1.29, 1.82) is 0 Å². The standard InChI is InChI=1S/C18H20F3N3O2/c1-11-7-13(18(19,20)21)8-15(26)17(11)14-4-5-16(23-22-14)24-6-2-3-12(9-24)10-25/h4-5,7-8,12,25-26H,2-3,6,9-10H2,1H3/t12-/m0/s1. The van der Waals surface area contributed by atoms with E-state index < -0.39 is 17.5 Å². The summed E-state index contributed by atoms with van der Waals surface area (Å²) >= 11 is 0. The molecule has 0 radical (unpaired) electrons. The van der Waals surface area contributed by atoms with Gasteiger partial charge in [0.05, 0.1) is 11.3 Å². The van der Waals surface area contributed by atoms with E-state index in [9.17, 15) is 23.4 Å². The second-order valence-corrected chi connectivity index (χ2v) is 6.60. The number of anilines is 1. The average molecular weight is 367 g/mol. The largest absolute Gasteiger partial charge is 0.507 e. The van der Waals surface area contributed by atoms with Gasteiger partial charge in [-0.3, -0.25) is 0 Å². The molecule has 2 N–H and O–H groups in total. The zero-order valence-corrected chi connectivity index (χ0v) is 14.3. The second-order valence-electron chi connectivity index (χ2n) is 6.60. The molecule has 5 nitrogen and oxygen atoms in total. The van der Waals surface area contributed by atoms with E-state index in [2.05, 4.69) is 10.2 Å². The smallest absolute Gasteiger partial charge is 0.416 e. The fourth-order valence-corrected chi connectivity index (χ4v) is 3.31. The zero-order valence-electron chi connectivity index (χ0n) is 14.3. The van der Waals surface area contributed by atoms with Crippen LogP contribution < -0.4 is 4.90 Å². The summed E-state index contributed by atoms with van der Waals surface area (Å²) in [5.74, 6) is 0.375. The molecule has 140 valence electrons. The third-order valence-electron chi connectivity index (χ3n) is 4.65. The lowest BCUT2D eigenvalue weighted by molar-refractivity contribution is -0.137. The number of benzene rings is 1. The van der Waals surface area contributed by atoms with Gasteiger partial charge in [0.25, 0.3) is 0 Å². The number of nitrogens with zero attached hydrogens (tertiary/aromatic N) is 3. The molecule has 2 aromatic rings. The molecular weight excluding hydrogens is 347 g/mol. The predicted molar refractivity (Wildman–Crippen MR) is 90.9 cm³/mol. The minimum Gasteiger partial charge on any atom is -0.507 e. The molecule has 0 saturated carbocycles. The predicted octanol–water partition coefficient (Wildman–Crippen LogP) is 3.39. The molecule has 1 fully saturated rings. The number of aliphatic hydroxyl groups is 1. The number of aromatic nitrogens is 2. The zero-order chi connectivity index (χ0) is 18.9. The average Bonchev–Trinajstić information content (AvgIpc) is 2.61. The number of piperidine rings is 1. The van der Waals surface area contributed by atoms with Crippen molar-refractivity contribution >= 4 is 5.82 Å². The highest BCUT2D eigenvalue weighted by atomic mass is 19.4. The highest BCUT2D eigenvalue weighted by Gasteiger charge is 2.32. The van der Waals surface area contributed by atoms with Crippen molar-refractivity contribution in [2.75, 3.05) is 24.6 Å². The van der Waals surface area contributed by atoms with E-state index in [0.717, 1.165) is 25.5 Å². The van der Waals surface area contributed by atoms with Crippen molar-refractivity contribution in [3.63, 3.8) is 0 Å². The summed E-state index contributed by atoms with van der Waals surface area (Å²) in [5.41, 5.74) is -0.0704. The number of alkyl halides is 3. The van der Waals surface area contributed by atoms with Gasteiger partial charge in [0.1, 0.15) is 5.75 Å². The van der Waals surface area contributed by atoms with Crippen LogP contribution in [0.1, 0.15) is 24.0 Å². The summed E-state index contributed by atoms with van der Waals surface area (Å²) in [7, 11) is 0. The van der Waals surface area contributed by atoms with Crippen LogP contribution in [0.5, 0.6) is 5.75 Å². The Morgan fingerprint density at radius 3 is 2.58 bits per heavy atom. The molecule has 0 amide bonds. The third-order valence-corrected chi connectivity index (χ3v) is 4.65. The van der Waals surface area contributed by atoms with E-state index in [1.807, 2.05) is 4.90 Å². The monoisotopic (exact) mass is 367 g/mol. The maximum Gasteiger partial charge on any atom is 0.416 e. The number of rotatable bonds is 3. The molecule has 3 rings (SSSR count). The van der Waals surface area contributed by atoms with Crippen molar-refractivity contribution < 1.29 is 23.4 Å². The van der Waals surface area contributed by atoms with Gasteiger partial charge < -0.3 is 15.1 Å². The van der Waals surface area contributed by atoms with E-state index in [0.29, 0.717) is 24.1 Å². The van der Waals surface area contributed by atoms with Crippen LogP contribution in [0.15, 0.2) is 24.3 Å². The first-order valence-electron chi connectivity index (χ1n) is 8.40. The van der Waals surface area contributed by atoms with Crippen LogP contribution in [0.3, 0.4) is 0 Å². The molecule has 0 unspecified atom stereocenters. The molecule has 26 heavy (non-hydrogen) atoms. The van der Waals surface area contributed by atoms with Gasteiger partial charge >= 0.3 is 6.18 Å². The molecule has 0 spiro atoms. The number of hydrogen-bond acceptors (Lipinski definition) is 5. The lowest BCUT2D eigenvalue weighted by Crippen LogP contribution is -2.37. The van der Waals surface area contributed by atoms with Crippen LogP contribution in [0.4, 0.5) is 19.0 Å². The number of phenolic OH excluding ortho intramolecular Hbond substituents is 1. The molecule has 8 heteroatoms. The van der Waals surface area contributed by atoms with Gasteiger partial charge in [-0.2, -0.15) is 13.2 Å². The molecule has 1 atom stereocenters. The number of aromatic hydroxyl groups is 1. The SMILES string of the molecule is Cc1cc(C(F)(F)F)cc(O)c1-c1ccc(N2CCC[C@H](CO)C2)nn1. The van der Waals surface area contributed by atoms with Gasteiger partial charge in [0, 0.05) is 25.3 Å². The van der Waals surface area contributed by atoms with E-state index >= 15 is 0 Å². The van der Waals surface area contributed by atoms with Crippen LogP contribution in [0.2, 0.25) is 0 Å². The lowest BCUT2D eigenvalue weighted by Gasteiger charge is -2.32. The maximum absolute atomic E-state index is 12.8. The fourth-order valence-electron chi connectivity index (χ4n) is 3.31. The van der Waals surface area contributed by atoms with Crippen LogP contribution >= 0.6 is 0 Å². The Kier molecular flexibility index (Phi) is 5.04. The van der Waals surface area contributed by atoms with Gasteiger partial charge in [-0.05, 0) is 55.5 Å². The number of hydrogen-bond donors (Lipinski definition) is 2. The quantitative estimate of drug-likeness (QED) is 0.870. The molecule has 1 aromatic carbocycles. The minimum atomic E-state index is -4.52. The maximum atomic E-state index is 12.8. The van der Waals surface area contributed by atoms with E-state index in [1.54, 1.807) is 12.1 Å². The number of halogens is 3. The molecule has 1 aliphatic heterocycles. The van der Waals surface area contributed by atoms with E-state index in [4.69, 9.17) is 0 Å². The summed E-state index contributed by atoms with van der Waals surface area (Å²) in [6, 6.07) is 5.06. The van der Waals surface area contributed by atoms with Crippen LogP contribution in [0.25, 0.3) is 11.3 Å². The molecule has 1 saturated heterocycles. The molecule has 0 bridgehead atoms. The molecule has 1 aliphatic rings. The van der Waals surface area contributed by atoms with Gasteiger partial charge in [0.15, 0.2) is 5.82 Å². The molecule has 2 heterocycles.